The number of hydrogen-bond donors (Lipinski definition) is 2. The van der Waals surface area contributed by atoms with Gasteiger partial charge in [-0.3, -0.25) is 4.79 Å². The van der Waals surface area contributed by atoms with Crippen molar-refractivity contribution in [3.8, 4) is 0 Å². The molecule has 3 rings (SSSR count). The monoisotopic (exact) mass is 312 g/mol. The van der Waals surface area contributed by atoms with Crippen LogP contribution in [0.5, 0.6) is 0 Å². The van der Waals surface area contributed by atoms with Crippen molar-refractivity contribution < 1.29 is 13.9 Å². The van der Waals surface area contributed by atoms with E-state index in [0.29, 0.717) is 12.5 Å². The Kier molecular flexibility index (Phi) is 4.04. The summed E-state index contributed by atoms with van der Waals surface area (Å²) in [6.45, 7) is 0.644. The van der Waals surface area contributed by atoms with Crippen molar-refractivity contribution in [1.29, 1.82) is 0 Å². The lowest BCUT2D eigenvalue weighted by atomic mass is 9.99. The predicted octanol–water partition coefficient (Wildman–Crippen LogP) is 2.75. The molecule has 114 valence electrons. The highest BCUT2D eigenvalue weighted by Crippen LogP contribution is 2.38. The summed E-state index contributed by atoms with van der Waals surface area (Å²) >= 11 is 5.79. The van der Waals surface area contributed by atoms with Crippen LogP contribution in [0.3, 0.4) is 0 Å². The largest absolute Gasteiger partial charge is 0.396 e. The van der Waals surface area contributed by atoms with E-state index >= 15 is 0 Å². The van der Waals surface area contributed by atoms with Gasteiger partial charge in [0.2, 0.25) is 0 Å². The minimum Gasteiger partial charge on any atom is -0.396 e. The number of amides is 1. The highest BCUT2D eigenvalue weighted by atomic mass is 35.5. The second-order valence-electron chi connectivity index (χ2n) is 5.79. The van der Waals surface area contributed by atoms with Gasteiger partial charge in [-0.1, -0.05) is 11.6 Å². The summed E-state index contributed by atoms with van der Waals surface area (Å²) in [6, 6.07) is 2.54. The summed E-state index contributed by atoms with van der Waals surface area (Å²) in [7, 11) is 0. The van der Waals surface area contributed by atoms with E-state index in [-0.39, 0.29) is 34.3 Å². The lowest BCUT2D eigenvalue weighted by Gasteiger charge is -2.30. The minimum atomic E-state index is -0.671. The van der Waals surface area contributed by atoms with Gasteiger partial charge in [-0.25, -0.2) is 4.39 Å². The number of nitrogen functional groups attached to an aromatic ring is 1. The molecule has 1 aliphatic heterocycles. The number of carbonyl (C=O) groups is 1. The van der Waals surface area contributed by atoms with Crippen LogP contribution in [0.25, 0.3) is 0 Å². The van der Waals surface area contributed by atoms with Crippen molar-refractivity contribution in [2.75, 3.05) is 12.3 Å². The zero-order valence-corrected chi connectivity index (χ0v) is 12.3. The number of ether oxygens (including phenoxy) is 1. The zero-order chi connectivity index (χ0) is 15.0. The number of anilines is 1. The van der Waals surface area contributed by atoms with E-state index in [9.17, 15) is 9.18 Å². The molecule has 1 saturated heterocycles. The molecule has 1 aromatic carbocycles. The summed E-state index contributed by atoms with van der Waals surface area (Å²) in [5, 5.41) is 3.08. The molecule has 21 heavy (non-hydrogen) atoms. The molecule has 6 heteroatoms. The van der Waals surface area contributed by atoms with E-state index in [1.165, 1.54) is 18.9 Å². The number of hydrogen-bond acceptors (Lipinski definition) is 3. The van der Waals surface area contributed by atoms with Gasteiger partial charge in [0.05, 0.1) is 17.4 Å². The molecule has 2 aliphatic rings. The van der Waals surface area contributed by atoms with E-state index in [2.05, 4.69) is 5.32 Å². The van der Waals surface area contributed by atoms with E-state index in [0.717, 1.165) is 18.9 Å². The van der Waals surface area contributed by atoms with Gasteiger partial charge in [-0.15, -0.1) is 0 Å². The summed E-state index contributed by atoms with van der Waals surface area (Å²) in [5.74, 6) is -0.413. The zero-order valence-electron chi connectivity index (χ0n) is 11.6. The third-order valence-corrected chi connectivity index (χ3v) is 4.36. The third kappa shape index (κ3) is 3.30. The van der Waals surface area contributed by atoms with Crippen LogP contribution in [-0.4, -0.2) is 24.7 Å². The second-order valence-corrected chi connectivity index (χ2v) is 6.23. The van der Waals surface area contributed by atoms with Gasteiger partial charge in [0.25, 0.3) is 5.91 Å². The van der Waals surface area contributed by atoms with Crippen molar-refractivity contribution in [1.82, 2.24) is 5.32 Å². The Balaban J connectivity index is 1.68. The Morgan fingerprint density at radius 2 is 2.14 bits per heavy atom. The van der Waals surface area contributed by atoms with Crippen LogP contribution in [0.4, 0.5) is 10.1 Å². The Hall–Kier alpha value is -1.33. The van der Waals surface area contributed by atoms with Crippen molar-refractivity contribution in [3.63, 3.8) is 0 Å². The lowest BCUT2D eigenvalue weighted by molar-refractivity contribution is -0.0102. The maximum absolute atomic E-state index is 13.5. The molecule has 1 aromatic rings. The molecule has 2 atom stereocenters. The summed E-state index contributed by atoms with van der Waals surface area (Å²) < 4.78 is 19.3. The molecule has 0 bridgehead atoms. The molecule has 2 fully saturated rings. The van der Waals surface area contributed by atoms with E-state index in [4.69, 9.17) is 22.1 Å². The van der Waals surface area contributed by atoms with Gasteiger partial charge in [-0.2, -0.15) is 0 Å². The first-order chi connectivity index (χ1) is 10.0. The molecular weight excluding hydrogens is 295 g/mol. The first kappa shape index (κ1) is 14.6. The van der Waals surface area contributed by atoms with Gasteiger partial charge < -0.3 is 15.8 Å². The Labute approximate surface area is 127 Å². The van der Waals surface area contributed by atoms with Crippen LogP contribution in [0.2, 0.25) is 5.02 Å². The van der Waals surface area contributed by atoms with Crippen molar-refractivity contribution in [3.05, 3.63) is 28.5 Å². The molecule has 0 spiro atoms. The average Bonchev–Trinajstić information content (AvgIpc) is 3.27. The standard InChI is InChI=1S/C15H18ClFN2O2/c16-9-5-11(14(18)12(17)6-9)15(20)19-10-3-4-21-13(7-10)8-1-2-8/h5-6,8,10,13H,1-4,7,18H2,(H,19,20). The van der Waals surface area contributed by atoms with Crippen molar-refractivity contribution in [2.45, 2.75) is 37.8 Å². The highest BCUT2D eigenvalue weighted by molar-refractivity contribution is 6.31. The fraction of sp³-hybridized carbons (Fsp3) is 0.533. The Morgan fingerprint density at radius 1 is 1.38 bits per heavy atom. The van der Waals surface area contributed by atoms with Crippen LogP contribution in [0.15, 0.2) is 12.1 Å². The number of rotatable bonds is 3. The van der Waals surface area contributed by atoms with E-state index in [1.807, 2.05) is 0 Å². The molecule has 1 aliphatic carbocycles. The van der Waals surface area contributed by atoms with Crippen LogP contribution in [0, 0.1) is 11.7 Å². The number of nitrogens with two attached hydrogens (primary N) is 1. The maximum atomic E-state index is 13.5. The van der Waals surface area contributed by atoms with E-state index in [1.54, 1.807) is 0 Å². The fourth-order valence-electron chi connectivity index (χ4n) is 2.79. The number of halogens is 2. The SMILES string of the molecule is Nc1c(F)cc(Cl)cc1C(=O)NC1CCOC(C2CC2)C1. The minimum absolute atomic E-state index is 0.0401. The predicted molar refractivity (Wildman–Crippen MR) is 78.8 cm³/mol. The van der Waals surface area contributed by atoms with Gasteiger partial charge in [0.15, 0.2) is 0 Å². The van der Waals surface area contributed by atoms with E-state index < -0.39 is 5.82 Å². The molecule has 0 aromatic heterocycles. The van der Waals surface area contributed by atoms with Gasteiger partial charge in [-0.05, 0) is 43.7 Å². The van der Waals surface area contributed by atoms with Crippen LogP contribution in [-0.2, 0) is 4.74 Å². The second kappa shape index (κ2) is 5.81. The highest BCUT2D eigenvalue weighted by Gasteiger charge is 2.36. The fourth-order valence-corrected chi connectivity index (χ4v) is 3.00. The molecule has 1 heterocycles. The first-order valence-electron chi connectivity index (χ1n) is 7.21. The molecule has 1 amide bonds. The quantitative estimate of drug-likeness (QED) is 0.844. The van der Waals surface area contributed by atoms with Crippen LogP contribution < -0.4 is 11.1 Å². The smallest absolute Gasteiger partial charge is 0.253 e. The number of carbonyl (C=O) groups excluding carboxylic acids is 1. The molecular formula is C15H18ClFN2O2. The number of benzene rings is 1. The average molecular weight is 313 g/mol. The van der Waals surface area contributed by atoms with Gasteiger partial charge in [0.1, 0.15) is 5.82 Å². The Bertz CT molecular complexity index is 563. The normalized spacial score (nSPS) is 25.6. The summed E-state index contributed by atoms with van der Waals surface area (Å²) in [5.41, 5.74) is 5.55. The molecule has 3 N–H and O–H groups in total. The van der Waals surface area contributed by atoms with Crippen molar-refractivity contribution in [2.24, 2.45) is 5.92 Å². The third-order valence-electron chi connectivity index (χ3n) is 4.14. The Morgan fingerprint density at radius 3 is 2.86 bits per heavy atom. The van der Waals surface area contributed by atoms with Gasteiger partial charge >= 0.3 is 0 Å². The summed E-state index contributed by atoms with van der Waals surface area (Å²) in [4.78, 5) is 12.3. The molecule has 4 nitrogen and oxygen atoms in total. The lowest BCUT2D eigenvalue weighted by Crippen LogP contribution is -2.42. The van der Waals surface area contributed by atoms with Crippen LogP contribution in [0.1, 0.15) is 36.0 Å². The first-order valence-corrected chi connectivity index (χ1v) is 7.59. The van der Waals surface area contributed by atoms with Crippen molar-refractivity contribution >= 4 is 23.2 Å². The maximum Gasteiger partial charge on any atom is 0.253 e. The molecule has 1 saturated carbocycles. The van der Waals surface area contributed by atoms with Gasteiger partial charge in [0, 0.05) is 17.7 Å². The topological polar surface area (TPSA) is 64.4 Å². The summed E-state index contributed by atoms with van der Waals surface area (Å²) in [6.07, 6.45) is 4.21. The molecule has 2 unspecified atom stereocenters. The number of nitrogens with one attached hydrogen (secondary N) is 1. The van der Waals surface area contributed by atoms with Crippen LogP contribution >= 0.6 is 11.6 Å². The molecule has 0 radical (unpaired) electrons.